The van der Waals surface area contributed by atoms with Gasteiger partial charge in [0.25, 0.3) is 0 Å². The molecule has 0 spiro atoms. The third-order valence-corrected chi connectivity index (χ3v) is 5.01. The molecule has 1 aromatic rings. The minimum atomic E-state index is -1.44. The first-order valence-electron chi connectivity index (χ1n) is 6.68. The molecule has 0 aromatic heterocycles. The van der Waals surface area contributed by atoms with Gasteiger partial charge in [-0.2, -0.15) is 0 Å². The zero-order chi connectivity index (χ0) is 15.4. The number of carbonyl (C=O) groups excluding carboxylic acids is 2. The summed E-state index contributed by atoms with van der Waals surface area (Å²) in [6.45, 7) is 0.899. The van der Waals surface area contributed by atoms with Crippen molar-refractivity contribution in [2.45, 2.75) is 17.7 Å². The maximum atomic E-state index is 12.2. The van der Waals surface area contributed by atoms with E-state index in [1.54, 1.807) is 29.2 Å². The molecule has 0 saturated carbocycles. The van der Waals surface area contributed by atoms with Gasteiger partial charge in [0.1, 0.15) is 5.75 Å². The van der Waals surface area contributed by atoms with E-state index in [-0.39, 0.29) is 23.5 Å². The fraction of sp³-hybridized carbons (Fsp3) is 0.429. The molecule has 2 N–H and O–H groups in total. The molecule has 2 atom stereocenters. The zero-order valence-corrected chi connectivity index (χ0v) is 13.0. The smallest absolute Gasteiger partial charge is 0.235 e. The van der Waals surface area contributed by atoms with Crippen molar-refractivity contribution in [1.82, 2.24) is 4.90 Å². The normalized spacial score (nSPS) is 20.0. The zero-order valence-electron chi connectivity index (χ0n) is 11.5. The fourth-order valence-corrected chi connectivity index (χ4v) is 3.65. The van der Waals surface area contributed by atoms with Crippen LogP contribution in [0.1, 0.15) is 12.8 Å². The standard InChI is InChI=1S/C14H17ClN2O3S/c15-11-4-1-5-12(7-11)21(20)9-13(18)17-6-2-3-10(8-17)14(16)19/h1,4-5,7,10H,2-3,6,8-9H2,(H2,16,19)/t10-,21-/m1/s1. The Morgan fingerprint density at radius 2 is 2.19 bits per heavy atom. The highest BCUT2D eigenvalue weighted by molar-refractivity contribution is 7.85. The number of rotatable bonds is 4. The molecule has 1 aliphatic rings. The summed E-state index contributed by atoms with van der Waals surface area (Å²) in [5, 5.41) is 0.486. The SMILES string of the molecule is NC(=O)[C@@H]1CCCN(C(=O)C[S@@](=O)c2cccc(Cl)c2)C1. The Hall–Kier alpha value is -1.40. The van der Waals surface area contributed by atoms with Gasteiger partial charge >= 0.3 is 0 Å². The van der Waals surface area contributed by atoms with Crippen molar-refractivity contribution < 1.29 is 13.8 Å². The van der Waals surface area contributed by atoms with E-state index in [9.17, 15) is 13.8 Å². The van der Waals surface area contributed by atoms with Gasteiger partial charge in [-0.25, -0.2) is 0 Å². The summed E-state index contributed by atoms with van der Waals surface area (Å²) in [7, 11) is -1.44. The Labute approximate surface area is 130 Å². The number of piperidine rings is 1. The lowest BCUT2D eigenvalue weighted by Gasteiger charge is -2.31. The summed E-state index contributed by atoms with van der Waals surface area (Å²) < 4.78 is 12.2. The summed E-state index contributed by atoms with van der Waals surface area (Å²) in [6, 6.07) is 6.65. The van der Waals surface area contributed by atoms with Crippen LogP contribution >= 0.6 is 11.6 Å². The summed E-state index contributed by atoms with van der Waals surface area (Å²) in [6.07, 6.45) is 1.44. The summed E-state index contributed by atoms with van der Waals surface area (Å²) in [5.74, 6) is -1.02. The molecule has 1 saturated heterocycles. The minimum Gasteiger partial charge on any atom is -0.369 e. The van der Waals surface area contributed by atoms with E-state index in [1.807, 2.05) is 0 Å². The van der Waals surface area contributed by atoms with Crippen molar-refractivity contribution in [2.24, 2.45) is 11.7 Å². The van der Waals surface area contributed by atoms with Crippen molar-refractivity contribution >= 4 is 34.2 Å². The third-order valence-electron chi connectivity index (χ3n) is 3.49. The quantitative estimate of drug-likeness (QED) is 0.901. The summed E-state index contributed by atoms with van der Waals surface area (Å²) in [5.41, 5.74) is 5.29. The van der Waals surface area contributed by atoms with E-state index in [2.05, 4.69) is 0 Å². The van der Waals surface area contributed by atoms with Crippen LogP contribution in [0.5, 0.6) is 0 Å². The predicted octanol–water partition coefficient (Wildman–Crippen LogP) is 1.17. The molecule has 1 heterocycles. The second-order valence-electron chi connectivity index (χ2n) is 5.03. The van der Waals surface area contributed by atoms with Gasteiger partial charge in [0.15, 0.2) is 0 Å². The molecule has 5 nitrogen and oxygen atoms in total. The lowest BCUT2D eigenvalue weighted by atomic mass is 9.97. The molecule has 0 aliphatic carbocycles. The second-order valence-corrected chi connectivity index (χ2v) is 6.92. The highest BCUT2D eigenvalue weighted by Crippen LogP contribution is 2.18. The molecule has 1 fully saturated rings. The van der Waals surface area contributed by atoms with E-state index in [0.29, 0.717) is 29.4 Å². The number of nitrogens with two attached hydrogens (primary N) is 1. The van der Waals surface area contributed by atoms with Crippen LogP contribution in [0.2, 0.25) is 5.02 Å². The molecule has 2 rings (SSSR count). The first-order valence-corrected chi connectivity index (χ1v) is 8.38. The van der Waals surface area contributed by atoms with Crippen LogP contribution in [0.15, 0.2) is 29.2 Å². The van der Waals surface area contributed by atoms with E-state index in [1.165, 1.54) is 0 Å². The maximum Gasteiger partial charge on any atom is 0.235 e. The van der Waals surface area contributed by atoms with Gasteiger partial charge in [0.2, 0.25) is 11.8 Å². The number of hydrogen-bond acceptors (Lipinski definition) is 3. The van der Waals surface area contributed by atoms with Gasteiger partial charge in [-0.15, -0.1) is 0 Å². The van der Waals surface area contributed by atoms with Crippen LogP contribution in [0.3, 0.4) is 0 Å². The van der Waals surface area contributed by atoms with E-state index < -0.39 is 10.8 Å². The van der Waals surface area contributed by atoms with E-state index in [4.69, 9.17) is 17.3 Å². The Kier molecular flexibility index (Phi) is 5.36. The molecule has 1 aromatic carbocycles. The first kappa shape index (κ1) is 16.0. The molecule has 114 valence electrons. The average Bonchev–Trinajstić information content (AvgIpc) is 2.47. The molecule has 0 unspecified atom stereocenters. The second kappa shape index (κ2) is 7.04. The van der Waals surface area contributed by atoms with Crippen molar-refractivity contribution in [3.05, 3.63) is 29.3 Å². The molecule has 0 radical (unpaired) electrons. The van der Waals surface area contributed by atoms with Crippen molar-refractivity contribution in [3.63, 3.8) is 0 Å². The number of amides is 2. The van der Waals surface area contributed by atoms with Gasteiger partial charge in [0, 0.05) is 23.0 Å². The molecular formula is C14H17ClN2O3S. The third kappa shape index (κ3) is 4.28. The molecule has 2 amide bonds. The number of nitrogens with zero attached hydrogens (tertiary/aromatic N) is 1. The number of carbonyl (C=O) groups is 2. The number of primary amides is 1. The van der Waals surface area contributed by atoms with Crippen LogP contribution < -0.4 is 5.73 Å². The van der Waals surface area contributed by atoms with Gasteiger partial charge in [0.05, 0.1) is 16.7 Å². The summed E-state index contributed by atoms with van der Waals surface area (Å²) >= 11 is 5.85. The maximum absolute atomic E-state index is 12.2. The lowest BCUT2D eigenvalue weighted by Crippen LogP contribution is -2.45. The molecule has 0 bridgehead atoms. The molecule has 7 heteroatoms. The van der Waals surface area contributed by atoms with E-state index >= 15 is 0 Å². The van der Waals surface area contributed by atoms with Gasteiger partial charge in [-0.3, -0.25) is 13.8 Å². The van der Waals surface area contributed by atoms with Crippen LogP contribution in [-0.4, -0.2) is 39.8 Å². The van der Waals surface area contributed by atoms with Crippen LogP contribution in [-0.2, 0) is 20.4 Å². The number of benzene rings is 1. The highest BCUT2D eigenvalue weighted by Gasteiger charge is 2.27. The number of halogens is 1. The van der Waals surface area contributed by atoms with Crippen LogP contribution in [0.25, 0.3) is 0 Å². The topological polar surface area (TPSA) is 80.5 Å². The molecule has 1 aliphatic heterocycles. The lowest BCUT2D eigenvalue weighted by molar-refractivity contribution is -0.132. The van der Waals surface area contributed by atoms with Gasteiger partial charge < -0.3 is 10.6 Å². The summed E-state index contributed by atoms with van der Waals surface area (Å²) in [4.78, 5) is 25.5. The van der Waals surface area contributed by atoms with Gasteiger partial charge in [-0.05, 0) is 31.0 Å². The average molecular weight is 329 g/mol. The first-order chi connectivity index (χ1) is 9.97. The van der Waals surface area contributed by atoms with Crippen molar-refractivity contribution in [1.29, 1.82) is 0 Å². The largest absolute Gasteiger partial charge is 0.369 e. The minimum absolute atomic E-state index is 0.105. The van der Waals surface area contributed by atoms with Crippen LogP contribution in [0, 0.1) is 5.92 Å². The predicted molar refractivity (Wildman–Crippen MR) is 81.2 cm³/mol. The van der Waals surface area contributed by atoms with Crippen molar-refractivity contribution in [2.75, 3.05) is 18.8 Å². The van der Waals surface area contributed by atoms with E-state index in [0.717, 1.165) is 6.42 Å². The van der Waals surface area contributed by atoms with Crippen molar-refractivity contribution in [3.8, 4) is 0 Å². The number of likely N-dealkylation sites (tertiary alicyclic amines) is 1. The Balaban J connectivity index is 1.97. The highest BCUT2D eigenvalue weighted by atomic mass is 35.5. The fourth-order valence-electron chi connectivity index (χ4n) is 2.33. The molecule has 21 heavy (non-hydrogen) atoms. The molecular weight excluding hydrogens is 312 g/mol. The Morgan fingerprint density at radius 3 is 2.86 bits per heavy atom. The number of hydrogen-bond donors (Lipinski definition) is 1. The monoisotopic (exact) mass is 328 g/mol. The van der Waals surface area contributed by atoms with Crippen LogP contribution in [0.4, 0.5) is 0 Å². The Bertz CT molecular complexity index is 579. The Morgan fingerprint density at radius 1 is 1.43 bits per heavy atom. The van der Waals surface area contributed by atoms with Gasteiger partial charge in [-0.1, -0.05) is 17.7 Å².